The SMILES string of the molecule is Cc1c(C(=O)C(N)=O)c2c(OCC(=O)O)c3ccccc3cc2n1Cc1ccccc1-c1ccccc1. The Morgan fingerprint density at radius 3 is 2.32 bits per heavy atom. The van der Waals surface area contributed by atoms with Crippen LogP contribution < -0.4 is 10.5 Å². The number of nitrogens with zero attached hydrogens (tertiary/aromatic N) is 1. The topological polar surface area (TPSA) is 112 Å². The number of carboxylic acids is 1. The fourth-order valence-electron chi connectivity index (χ4n) is 4.87. The maximum absolute atomic E-state index is 13.1. The average Bonchev–Trinajstić information content (AvgIpc) is 3.17. The van der Waals surface area contributed by atoms with Gasteiger partial charge in [0.1, 0.15) is 5.75 Å². The van der Waals surface area contributed by atoms with Crippen molar-refractivity contribution in [3.8, 4) is 16.9 Å². The van der Waals surface area contributed by atoms with Crippen LogP contribution in [0.15, 0.2) is 84.9 Å². The van der Waals surface area contributed by atoms with Crippen molar-refractivity contribution in [2.24, 2.45) is 5.73 Å². The third-order valence-corrected chi connectivity index (χ3v) is 6.51. The van der Waals surface area contributed by atoms with E-state index in [0.717, 1.165) is 22.1 Å². The van der Waals surface area contributed by atoms with Gasteiger partial charge < -0.3 is 20.1 Å². The second-order valence-electron chi connectivity index (χ2n) is 8.77. The molecule has 4 aromatic carbocycles. The lowest BCUT2D eigenvalue weighted by atomic mass is 9.99. The van der Waals surface area contributed by atoms with Gasteiger partial charge in [-0.25, -0.2) is 4.79 Å². The Balaban J connectivity index is 1.81. The summed E-state index contributed by atoms with van der Waals surface area (Å²) in [5.41, 5.74) is 9.84. The summed E-state index contributed by atoms with van der Waals surface area (Å²) in [5, 5.41) is 11.1. The zero-order valence-electron chi connectivity index (χ0n) is 20.1. The molecule has 0 radical (unpaired) electrons. The number of carboxylic acid groups (broad SMARTS) is 1. The number of ketones is 1. The zero-order chi connectivity index (χ0) is 26.1. The summed E-state index contributed by atoms with van der Waals surface area (Å²) >= 11 is 0. The van der Waals surface area contributed by atoms with Gasteiger partial charge in [-0.1, -0.05) is 78.9 Å². The molecule has 1 heterocycles. The second kappa shape index (κ2) is 9.62. The van der Waals surface area contributed by atoms with Crippen molar-refractivity contribution in [2.75, 3.05) is 6.61 Å². The largest absolute Gasteiger partial charge is 0.481 e. The maximum atomic E-state index is 13.1. The van der Waals surface area contributed by atoms with Crippen molar-refractivity contribution in [3.63, 3.8) is 0 Å². The lowest BCUT2D eigenvalue weighted by molar-refractivity contribution is -0.139. The van der Waals surface area contributed by atoms with Crippen LogP contribution in [-0.2, 0) is 16.1 Å². The van der Waals surface area contributed by atoms with Crippen LogP contribution >= 0.6 is 0 Å². The number of rotatable bonds is 8. The quantitative estimate of drug-likeness (QED) is 0.235. The van der Waals surface area contributed by atoms with Crippen molar-refractivity contribution < 1.29 is 24.2 Å². The Hall–Kier alpha value is -4.91. The van der Waals surface area contributed by atoms with E-state index in [9.17, 15) is 19.5 Å². The fourth-order valence-corrected chi connectivity index (χ4v) is 4.87. The van der Waals surface area contributed by atoms with E-state index in [0.29, 0.717) is 28.5 Å². The van der Waals surface area contributed by atoms with E-state index in [1.807, 2.05) is 77.4 Å². The predicted molar refractivity (Wildman–Crippen MR) is 142 cm³/mol. The fraction of sp³-hybridized carbons (Fsp3) is 0.100. The number of carbonyl (C=O) groups is 3. The highest BCUT2D eigenvalue weighted by molar-refractivity contribution is 6.45. The molecule has 5 aromatic rings. The summed E-state index contributed by atoms with van der Waals surface area (Å²) in [4.78, 5) is 36.6. The Morgan fingerprint density at radius 1 is 0.919 bits per heavy atom. The smallest absolute Gasteiger partial charge is 0.341 e. The summed E-state index contributed by atoms with van der Waals surface area (Å²) < 4.78 is 7.71. The number of Topliss-reactive ketones (excluding diaryl/α,β-unsaturated/α-hetero) is 1. The molecule has 0 aliphatic heterocycles. The van der Waals surface area contributed by atoms with E-state index in [2.05, 4.69) is 0 Å². The van der Waals surface area contributed by atoms with Crippen LogP contribution in [0.5, 0.6) is 5.75 Å². The first kappa shape index (κ1) is 23.8. The van der Waals surface area contributed by atoms with Crippen molar-refractivity contribution in [3.05, 3.63) is 102 Å². The number of ether oxygens (including phenoxy) is 1. The van der Waals surface area contributed by atoms with Crippen LogP contribution in [-0.4, -0.2) is 33.9 Å². The van der Waals surface area contributed by atoms with Gasteiger partial charge in [0, 0.05) is 17.6 Å². The van der Waals surface area contributed by atoms with Crippen LogP contribution in [0.1, 0.15) is 21.6 Å². The first-order chi connectivity index (χ1) is 17.9. The van der Waals surface area contributed by atoms with Crippen LogP contribution in [0.25, 0.3) is 32.8 Å². The Labute approximate surface area is 212 Å². The third kappa shape index (κ3) is 4.31. The molecule has 1 aromatic heterocycles. The van der Waals surface area contributed by atoms with Crippen LogP contribution in [0.3, 0.4) is 0 Å². The first-order valence-electron chi connectivity index (χ1n) is 11.7. The molecule has 7 heteroatoms. The zero-order valence-corrected chi connectivity index (χ0v) is 20.1. The van der Waals surface area contributed by atoms with E-state index in [1.54, 1.807) is 19.1 Å². The highest BCUT2D eigenvalue weighted by Gasteiger charge is 2.28. The molecule has 0 saturated carbocycles. The van der Waals surface area contributed by atoms with Gasteiger partial charge in [0.25, 0.3) is 11.7 Å². The van der Waals surface area contributed by atoms with Gasteiger partial charge in [-0.05, 0) is 35.1 Å². The number of amides is 1. The molecule has 0 unspecified atom stereocenters. The van der Waals surface area contributed by atoms with E-state index < -0.39 is 24.3 Å². The lowest BCUT2D eigenvalue weighted by Crippen LogP contribution is -2.24. The third-order valence-electron chi connectivity index (χ3n) is 6.51. The summed E-state index contributed by atoms with van der Waals surface area (Å²) in [7, 11) is 0. The van der Waals surface area contributed by atoms with E-state index in [-0.39, 0.29) is 11.3 Å². The highest BCUT2D eigenvalue weighted by Crippen LogP contribution is 2.41. The predicted octanol–water partition coefficient (Wildman–Crippen LogP) is 4.95. The molecule has 0 spiro atoms. The molecule has 3 N–H and O–H groups in total. The van der Waals surface area contributed by atoms with Gasteiger partial charge in [0.2, 0.25) is 0 Å². The number of fused-ring (bicyclic) bond motifs is 2. The van der Waals surface area contributed by atoms with Crippen molar-refractivity contribution >= 4 is 39.3 Å². The van der Waals surface area contributed by atoms with Crippen molar-refractivity contribution in [1.82, 2.24) is 4.57 Å². The number of nitrogens with two attached hydrogens (primary N) is 1. The summed E-state index contributed by atoms with van der Waals surface area (Å²) in [6.07, 6.45) is 0. The monoisotopic (exact) mass is 492 g/mol. The van der Waals surface area contributed by atoms with Crippen LogP contribution in [0.4, 0.5) is 0 Å². The molecule has 0 fully saturated rings. The van der Waals surface area contributed by atoms with Crippen LogP contribution in [0.2, 0.25) is 0 Å². The Morgan fingerprint density at radius 2 is 1.59 bits per heavy atom. The molecule has 0 bridgehead atoms. The van der Waals surface area contributed by atoms with E-state index >= 15 is 0 Å². The second-order valence-corrected chi connectivity index (χ2v) is 8.77. The Kier molecular flexibility index (Phi) is 6.19. The van der Waals surface area contributed by atoms with Gasteiger partial charge in [-0.15, -0.1) is 0 Å². The molecule has 7 nitrogen and oxygen atoms in total. The van der Waals surface area contributed by atoms with Gasteiger partial charge in [-0.3, -0.25) is 9.59 Å². The maximum Gasteiger partial charge on any atom is 0.341 e. The van der Waals surface area contributed by atoms with Crippen molar-refractivity contribution in [1.29, 1.82) is 0 Å². The molecule has 5 rings (SSSR count). The molecular weight excluding hydrogens is 468 g/mol. The molecule has 0 aliphatic carbocycles. The van der Waals surface area contributed by atoms with E-state index in [4.69, 9.17) is 10.5 Å². The number of primary amides is 1. The van der Waals surface area contributed by atoms with Gasteiger partial charge in [0.15, 0.2) is 6.61 Å². The van der Waals surface area contributed by atoms with E-state index in [1.165, 1.54) is 0 Å². The number of hydrogen-bond acceptors (Lipinski definition) is 4. The summed E-state index contributed by atoms with van der Waals surface area (Å²) in [6, 6.07) is 27.2. The Bertz CT molecular complexity index is 1690. The summed E-state index contributed by atoms with van der Waals surface area (Å²) in [6.45, 7) is 1.55. The highest BCUT2D eigenvalue weighted by atomic mass is 16.5. The number of aliphatic carboxylic acids is 1. The molecule has 184 valence electrons. The minimum atomic E-state index is -1.16. The molecule has 0 aliphatic rings. The molecule has 37 heavy (non-hydrogen) atoms. The van der Waals surface area contributed by atoms with Gasteiger partial charge in [-0.2, -0.15) is 0 Å². The molecule has 0 saturated heterocycles. The lowest BCUT2D eigenvalue weighted by Gasteiger charge is -2.15. The molecular formula is C30H24N2O5. The minimum Gasteiger partial charge on any atom is -0.481 e. The van der Waals surface area contributed by atoms with Gasteiger partial charge in [0.05, 0.1) is 16.5 Å². The number of hydrogen-bond donors (Lipinski definition) is 2. The molecule has 1 amide bonds. The van der Waals surface area contributed by atoms with Gasteiger partial charge >= 0.3 is 5.97 Å². The molecule has 0 atom stereocenters. The number of benzene rings is 4. The average molecular weight is 493 g/mol. The standard InChI is InChI=1S/C30H24N2O5/c1-18-26(28(35)30(31)36)27-24(15-20-11-5-8-14-23(20)29(27)37-17-25(33)34)32(18)16-21-12-6-7-13-22(21)19-9-3-2-4-10-19/h2-15H,16-17H2,1H3,(H2,31,36)(H,33,34). The first-order valence-corrected chi connectivity index (χ1v) is 11.7. The number of aromatic nitrogens is 1. The van der Waals surface area contributed by atoms with Crippen molar-refractivity contribution in [2.45, 2.75) is 13.5 Å². The minimum absolute atomic E-state index is 0.117. The summed E-state index contributed by atoms with van der Waals surface area (Å²) in [5.74, 6) is -2.87. The normalized spacial score (nSPS) is 11.1. The number of carbonyl (C=O) groups excluding carboxylic acids is 2. The van der Waals surface area contributed by atoms with Crippen LogP contribution in [0, 0.1) is 6.92 Å².